The Kier molecular flexibility index (Phi) is 6.76. The molecule has 0 spiro atoms. The summed E-state index contributed by atoms with van der Waals surface area (Å²) in [5.41, 5.74) is 0. The lowest BCUT2D eigenvalue weighted by atomic mass is 10.3. The number of halogens is 2. The second kappa shape index (κ2) is 6.66. The van der Waals surface area contributed by atoms with Crippen LogP contribution in [0.15, 0.2) is 12.2 Å². The van der Waals surface area contributed by atoms with Gasteiger partial charge in [0.1, 0.15) is 4.83 Å². The maximum atomic E-state index is 11.0. The number of carbonyl (C=O) groups is 1. The van der Waals surface area contributed by atoms with Crippen molar-refractivity contribution < 1.29 is 9.53 Å². The van der Waals surface area contributed by atoms with E-state index in [2.05, 4.69) is 31.9 Å². The second-order valence-corrected chi connectivity index (χ2v) is 4.65. The van der Waals surface area contributed by atoms with Crippen LogP contribution in [-0.2, 0) is 9.53 Å². The molecule has 70 valence electrons. The maximum absolute atomic E-state index is 11.0. The Bertz CT molecular complexity index is 166. The molecule has 0 aromatic heterocycles. The topological polar surface area (TPSA) is 26.3 Å². The molecule has 0 amide bonds. The lowest BCUT2D eigenvalue weighted by Gasteiger charge is -2.03. The monoisotopic (exact) mass is 298 g/mol. The fourth-order valence-electron chi connectivity index (χ4n) is 0.551. The summed E-state index contributed by atoms with van der Waals surface area (Å²) in [5, 5.41) is 0. The van der Waals surface area contributed by atoms with Crippen molar-refractivity contribution in [1.82, 2.24) is 0 Å². The van der Waals surface area contributed by atoms with Crippen LogP contribution in [-0.4, -0.2) is 22.2 Å². The highest BCUT2D eigenvalue weighted by molar-refractivity contribution is 9.10. The van der Waals surface area contributed by atoms with E-state index in [0.29, 0.717) is 6.61 Å². The van der Waals surface area contributed by atoms with Gasteiger partial charge in [0.15, 0.2) is 0 Å². The van der Waals surface area contributed by atoms with E-state index in [-0.39, 0.29) is 15.6 Å². The van der Waals surface area contributed by atoms with Crippen LogP contribution in [0.3, 0.4) is 0 Å². The van der Waals surface area contributed by atoms with Gasteiger partial charge in [-0.25, -0.2) is 0 Å². The van der Waals surface area contributed by atoms with Crippen LogP contribution < -0.4 is 0 Å². The van der Waals surface area contributed by atoms with E-state index < -0.39 is 0 Å². The fourth-order valence-corrected chi connectivity index (χ4v) is 1.04. The highest BCUT2D eigenvalue weighted by Crippen LogP contribution is 2.07. The molecule has 0 aliphatic heterocycles. The zero-order valence-electron chi connectivity index (χ0n) is 7.09. The molecule has 0 heterocycles. The Balaban J connectivity index is 3.86. The van der Waals surface area contributed by atoms with Crippen LogP contribution in [0, 0.1) is 0 Å². The first kappa shape index (κ1) is 12.2. The van der Waals surface area contributed by atoms with Crippen molar-refractivity contribution in [3.05, 3.63) is 12.2 Å². The smallest absolute Gasteiger partial charge is 0.323 e. The zero-order chi connectivity index (χ0) is 9.56. The number of ether oxygens (including phenoxy) is 1. The van der Waals surface area contributed by atoms with Crippen molar-refractivity contribution in [2.45, 2.75) is 23.5 Å². The first-order chi connectivity index (χ1) is 5.57. The number of esters is 1. The van der Waals surface area contributed by atoms with Gasteiger partial charge in [-0.1, -0.05) is 44.0 Å². The SMILES string of the molecule is CCOC(=O)C(Br)C=CC(C)Br. The molecule has 2 atom stereocenters. The summed E-state index contributed by atoms with van der Waals surface area (Å²) in [6.45, 7) is 4.18. The Morgan fingerprint density at radius 1 is 1.50 bits per heavy atom. The van der Waals surface area contributed by atoms with E-state index in [0.717, 1.165) is 0 Å². The van der Waals surface area contributed by atoms with Gasteiger partial charge in [0, 0.05) is 4.83 Å². The van der Waals surface area contributed by atoms with E-state index >= 15 is 0 Å². The largest absolute Gasteiger partial charge is 0.465 e. The molecule has 0 aliphatic carbocycles. The van der Waals surface area contributed by atoms with Crippen molar-refractivity contribution in [2.75, 3.05) is 6.61 Å². The van der Waals surface area contributed by atoms with Gasteiger partial charge in [0.25, 0.3) is 0 Å². The molecule has 0 saturated heterocycles. The third-order valence-corrected chi connectivity index (χ3v) is 2.04. The summed E-state index contributed by atoms with van der Waals surface area (Å²) in [5.74, 6) is -0.248. The highest BCUT2D eigenvalue weighted by Gasteiger charge is 2.11. The standard InChI is InChI=1S/C8H12Br2O2/c1-3-12-8(11)7(10)5-4-6(2)9/h4-7H,3H2,1-2H3. The number of allylic oxidation sites excluding steroid dienone is 1. The van der Waals surface area contributed by atoms with Gasteiger partial charge in [-0.15, -0.1) is 0 Å². The normalized spacial score (nSPS) is 16.0. The van der Waals surface area contributed by atoms with Crippen molar-refractivity contribution in [3.8, 4) is 0 Å². The zero-order valence-corrected chi connectivity index (χ0v) is 10.3. The lowest BCUT2D eigenvalue weighted by Crippen LogP contribution is -2.15. The minimum atomic E-state index is -0.336. The van der Waals surface area contributed by atoms with Crippen LogP contribution in [0.2, 0.25) is 0 Å². The van der Waals surface area contributed by atoms with Crippen LogP contribution in [0.5, 0.6) is 0 Å². The van der Waals surface area contributed by atoms with Crippen molar-refractivity contribution in [2.24, 2.45) is 0 Å². The number of rotatable bonds is 4. The Morgan fingerprint density at radius 2 is 2.08 bits per heavy atom. The predicted octanol–water partition coefficient (Wildman–Crippen LogP) is 2.65. The van der Waals surface area contributed by atoms with E-state index in [1.807, 2.05) is 13.0 Å². The second-order valence-electron chi connectivity index (χ2n) is 2.22. The molecule has 0 saturated carbocycles. The van der Waals surface area contributed by atoms with Crippen LogP contribution in [0.1, 0.15) is 13.8 Å². The minimum Gasteiger partial charge on any atom is -0.465 e. The average Bonchev–Trinajstić information content (AvgIpc) is 2.00. The van der Waals surface area contributed by atoms with Crippen molar-refractivity contribution in [1.29, 1.82) is 0 Å². The summed E-state index contributed by atoms with van der Waals surface area (Å²) in [6, 6.07) is 0. The Hall–Kier alpha value is 0.170. The Morgan fingerprint density at radius 3 is 2.50 bits per heavy atom. The lowest BCUT2D eigenvalue weighted by molar-refractivity contribution is -0.141. The molecule has 0 aromatic carbocycles. The molecule has 0 aliphatic rings. The summed E-state index contributed by atoms with van der Waals surface area (Å²) in [4.78, 5) is 11.0. The predicted molar refractivity (Wildman–Crippen MR) is 56.9 cm³/mol. The van der Waals surface area contributed by atoms with E-state index in [1.54, 1.807) is 13.0 Å². The molecular weight excluding hydrogens is 288 g/mol. The molecular formula is C8H12Br2O2. The molecule has 0 radical (unpaired) electrons. The molecule has 2 nitrogen and oxygen atoms in total. The van der Waals surface area contributed by atoms with Gasteiger partial charge in [-0.2, -0.15) is 0 Å². The summed E-state index contributed by atoms with van der Waals surface area (Å²) in [7, 11) is 0. The van der Waals surface area contributed by atoms with Crippen LogP contribution in [0.25, 0.3) is 0 Å². The average molecular weight is 300 g/mol. The minimum absolute atomic E-state index is 0.248. The number of hydrogen-bond donors (Lipinski definition) is 0. The quantitative estimate of drug-likeness (QED) is 0.453. The number of hydrogen-bond acceptors (Lipinski definition) is 2. The van der Waals surface area contributed by atoms with Gasteiger partial charge >= 0.3 is 5.97 Å². The first-order valence-corrected chi connectivity index (χ1v) is 5.54. The molecule has 12 heavy (non-hydrogen) atoms. The van der Waals surface area contributed by atoms with Gasteiger partial charge < -0.3 is 4.74 Å². The molecule has 2 unspecified atom stereocenters. The number of carbonyl (C=O) groups excluding carboxylic acids is 1. The molecule has 0 N–H and O–H groups in total. The van der Waals surface area contributed by atoms with E-state index in [4.69, 9.17) is 4.74 Å². The highest BCUT2D eigenvalue weighted by atomic mass is 79.9. The molecule has 0 rings (SSSR count). The molecule has 4 heteroatoms. The van der Waals surface area contributed by atoms with Gasteiger partial charge in [-0.3, -0.25) is 4.79 Å². The maximum Gasteiger partial charge on any atom is 0.323 e. The third kappa shape index (κ3) is 5.77. The third-order valence-electron chi connectivity index (χ3n) is 1.06. The van der Waals surface area contributed by atoms with Crippen LogP contribution >= 0.6 is 31.9 Å². The fraction of sp³-hybridized carbons (Fsp3) is 0.625. The summed E-state index contributed by atoms with van der Waals surface area (Å²) in [6.07, 6.45) is 3.65. The number of alkyl halides is 2. The van der Waals surface area contributed by atoms with Crippen molar-refractivity contribution >= 4 is 37.8 Å². The van der Waals surface area contributed by atoms with Crippen molar-refractivity contribution in [3.63, 3.8) is 0 Å². The first-order valence-electron chi connectivity index (χ1n) is 3.71. The molecule has 0 aromatic rings. The molecule has 0 bridgehead atoms. The summed E-state index contributed by atoms with van der Waals surface area (Å²) < 4.78 is 4.78. The molecule has 0 fully saturated rings. The summed E-state index contributed by atoms with van der Waals surface area (Å²) >= 11 is 6.52. The van der Waals surface area contributed by atoms with Gasteiger partial charge in [0.05, 0.1) is 6.61 Å². The van der Waals surface area contributed by atoms with E-state index in [1.165, 1.54) is 0 Å². The van der Waals surface area contributed by atoms with E-state index in [9.17, 15) is 4.79 Å². The van der Waals surface area contributed by atoms with Crippen LogP contribution in [0.4, 0.5) is 0 Å². The Labute approximate surface area is 89.6 Å². The van der Waals surface area contributed by atoms with Gasteiger partial charge in [0.2, 0.25) is 0 Å². The van der Waals surface area contributed by atoms with Gasteiger partial charge in [-0.05, 0) is 13.8 Å².